The van der Waals surface area contributed by atoms with Gasteiger partial charge in [-0.2, -0.15) is 0 Å². The third-order valence-corrected chi connectivity index (χ3v) is 5.14. The molecule has 0 heterocycles. The van der Waals surface area contributed by atoms with Crippen LogP contribution in [-0.2, 0) is 16.4 Å². The van der Waals surface area contributed by atoms with Crippen LogP contribution in [0.25, 0.3) is 0 Å². The highest BCUT2D eigenvalue weighted by Crippen LogP contribution is 2.15. The molecule has 0 amide bonds. The quantitative estimate of drug-likeness (QED) is 0.687. The lowest BCUT2D eigenvalue weighted by Gasteiger charge is -2.11. The van der Waals surface area contributed by atoms with Crippen LogP contribution in [0.15, 0.2) is 53.4 Å². The van der Waals surface area contributed by atoms with Gasteiger partial charge in [0, 0.05) is 17.9 Å². The Kier molecular flexibility index (Phi) is 6.30. The van der Waals surface area contributed by atoms with Crippen LogP contribution in [-0.4, -0.2) is 20.1 Å². The van der Waals surface area contributed by atoms with E-state index in [0.717, 1.165) is 12.1 Å². The lowest BCUT2D eigenvalue weighted by Crippen LogP contribution is -2.23. The van der Waals surface area contributed by atoms with Crippen molar-refractivity contribution >= 4 is 38.7 Å². The Morgan fingerprint density at radius 3 is 1.88 bits per heavy atom. The zero-order valence-corrected chi connectivity index (χ0v) is 15.3. The van der Waals surface area contributed by atoms with Crippen molar-refractivity contribution in [3.05, 3.63) is 54.1 Å². The number of benzene rings is 2. The van der Waals surface area contributed by atoms with E-state index in [1.807, 2.05) is 24.3 Å². The first-order valence-corrected chi connectivity index (χ1v) is 9.60. The van der Waals surface area contributed by atoms with Crippen LogP contribution in [0.2, 0.25) is 0 Å². The predicted octanol–water partition coefficient (Wildman–Crippen LogP) is 3.36. The number of hydrogen-bond acceptors (Lipinski definition) is 3. The first-order chi connectivity index (χ1) is 11.4. The lowest BCUT2D eigenvalue weighted by atomic mass is 10.1. The summed E-state index contributed by atoms with van der Waals surface area (Å²) in [5.41, 5.74) is 2.88. The van der Waals surface area contributed by atoms with Gasteiger partial charge in [-0.1, -0.05) is 26.0 Å². The number of hydrogen-bond donors (Lipinski definition) is 3. The molecule has 24 heavy (non-hydrogen) atoms. The Hall–Kier alpha value is -1.96. The van der Waals surface area contributed by atoms with Crippen LogP contribution in [0.3, 0.4) is 0 Å². The van der Waals surface area contributed by atoms with E-state index in [0.29, 0.717) is 17.3 Å². The molecule has 0 aromatic heterocycles. The number of anilines is 2. The molecule has 0 aliphatic heterocycles. The molecule has 0 bridgehead atoms. The second-order valence-electron chi connectivity index (χ2n) is 5.16. The van der Waals surface area contributed by atoms with Crippen LogP contribution < -0.4 is 15.4 Å². The van der Waals surface area contributed by atoms with Crippen LogP contribution >= 0.6 is 12.2 Å². The Balaban J connectivity index is 1.98. The summed E-state index contributed by atoms with van der Waals surface area (Å²) in [4.78, 5) is 0.226. The molecular formula is C17H21N3O2S2. The molecule has 0 radical (unpaired) electrons. The molecule has 0 aliphatic rings. The van der Waals surface area contributed by atoms with Gasteiger partial charge in [0.05, 0.1) is 4.90 Å². The smallest absolute Gasteiger partial charge is 0.240 e. The molecular weight excluding hydrogens is 342 g/mol. The molecule has 0 saturated heterocycles. The summed E-state index contributed by atoms with van der Waals surface area (Å²) in [5, 5.41) is 6.58. The molecule has 2 aromatic carbocycles. The molecule has 0 saturated carbocycles. The van der Waals surface area contributed by atoms with Gasteiger partial charge >= 0.3 is 0 Å². The minimum atomic E-state index is -3.44. The molecule has 0 fully saturated rings. The minimum Gasteiger partial charge on any atom is -0.332 e. The van der Waals surface area contributed by atoms with Gasteiger partial charge in [-0.25, -0.2) is 13.1 Å². The zero-order valence-electron chi connectivity index (χ0n) is 13.7. The Labute approximate surface area is 148 Å². The highest BCUT2D eigenvalue weighted by Gasteiger charge is 2.11. The molecule has 3 N–H and O–H groups in total. The predicted molar refractivity (Wildman–Crippen MR) is 103 cm³/mol. The van der Waals surface area contributed by atoms with Crippen molar-refractivity contribution in [3.63, 3.8) is 0 Å². The van der Waals surface area contributed by atoms with Crippen molar-refractivity contribution in [2.24, 2.45) is 0 Å². The van der Waals surface area contributed by atoms with Gasteiger partial charge in [0.15, 0.2) is 5.11 Å². The fraction of sp³-hybridized carbons (Fsp3) is 0.235. The second kappa shape index (κ2) is 8.23. The fourth-order valence-electron chi connectivity index (χ4n) is 2.11. The van der Waals surface area contributed by atoms with Crippen LogP contribution in [0.1, 0.15) is 19.4 Å². The van der Waals surface area contributed by atoms with Gasteiger partial charge in [-0.05, 0) is 60.6 Å². The number of aryl methyl sites for hydroxylation is 1. The molecule has 2 aromatic rings. The van der Waals surface area contributed by atoms with Gasteiger partial charge in [-0.15, -0.1) is 0 Å². The van der Waals surface area contributed by atoms with Gasteiger partial charge in [0.2, 0.25) is 10.0 Å². The van der Waals surface area contributed by atoms with Crippen LogP contribution in [0, 0.1) is 0 Å². The average Bonchev–Trinajstić information content (AvgIpc) is 2.56. The standard InChI is InChI=1S/C17H21N3O2S2/c1-3-13-5-7-14(8-6-13)19-17(23)20-15-9-11-16(12-10-15)24(21,22)18-4-2/h5-12,18H,3-4H2,1-2H3,(H2,19,20,23). The SMILES string of the molecule is CCNS(=O)(=O)c1ccc(NC(=S)Nc2ccc(CC)cc2)cc1. The van der Waals surface area contributed by atoms with E-state index in [2.05, 4.69) is 22.3 Å². The maximum absolute atomic E-state index is 11.9. The van der Waals surface area contributed by atoms with E-state index in [1.54, 1.807) is 31.2 Å². The number of thiocarbonyl (C=S) groups is 1. The maximum Gasteiger partial charge on any atom is 0.240 e. The summed E-state index contributed by atoms with van der Waals surface area (Å²) in [6, 6.07) is 14.5. The molecule has 7 heteroatoms. The van der Waals surface area contributed by atoms with Gasteiger partial charge in [-0.3, -0.25) is 0 Å². The van der Waals surface area contributed by atoms with Gasteiger partial charge in [0.1, 0.15) is 0 Å². The second-order valence-corrected chi connectivity index (χ2v) is 7.33. The maximum atomic E-state index is 11.9. The largest absolute Gasteiger partial charge is 0.332 e. The highest BCUT2D eigenvalue weighted by atomic mass is 32.2. The molecule has 2 rings (SSSR count). The van der Waals surface area contributed by atoms with Crippen molar-refractivity contribution in [2.45, 2.75) is 25.2 Å². The molecule has 0 atom stereocenters. The van der Waals surface area contributed by atoms with Gasteiger partial charge < -0.3 is 10.6 Å². The van der Waals surface area contributed by atoms with Crippen molar-refractivity contribution in [2.75, 3.05) is 17.2 Å². The summed E-state index contributed by atoms with van der Waals surface area (Å²) in [5.74, 6) is 0. The summed E-state index contributed by atoms with van der Waals surface area (Å²) in [6.07, 6.45) is 0.991. The van der Waals surface area contributed by atoms with E-state index < -0.39 is 10.0 Å². The van der Waals surface area contributed by atoms with Crippen molar-refractivity contribution in [3.8, 4) is 0 Å². The molecule has 128 valence electrons. The summed E-state index contributed by atoms with van der Waals surface area (Å²) >= 11 is 5.27. The molecule has 0 unspecified atom stereocenters. The first kappa shape index (κ1) is 18.4. The summed E-state index contributed by atoms with van der Waals surface area (Å²) in [7, 11) is -3.44. The monoisotopic (exact) mass is 363 g/mol. The molecule has 5 nitrogen and oxygen atoms in total. The number of nitrogens with one attached hydrogen (secondary N) is 3. The topological polar surface area (TPSA) is 70.2 Å². The average molecular weight is 364 g/mol. The summed E-state index contributed by atoms with van der Waals surface area (Å²) in [6.45, 7) is 4.20. The zero-order chi connectivity index (χ0) is 17.6. The van der Waals surface area contributed by atoms with E-state index in [4.69, 9.17) is 12.2 Å². The van der Waals surface area contributed by atoms with E-state index in [1.165, 1.54) is 5.56 Å². The highest BCUT2D eigenvalue weighted by molar-refractivity contribution is 7.89. The van der Waals surface area contributed by atoms with Crippen molar-refractivity contribution in [1.82, 2.24) is 4.72 Å². The summed E-state index contributed by atoms with van der Waals surface area (Å²) < 4.78 is 26.2. The Bertz CT molecular complexity index is 786. The number of rotatable bonds is 6. The third-order valence-electron chi connectivity index (χ3n) is 3.38. The Morgan fingerprint density at radius 1 is 0.917 bits per heavy atom. The molecule has 0 aliphatic carbocycles. The molecule has 0 spiro atoms. The van der Waals surface area contributed by atoms with Crippen molar-refractivity contribution < 1.29 is 8.42 Å². The van der Waals surface area contributed by atoms with Gasteiger partial charge in [0.25, 0.3) is 0 Å². The lowest BCUT2D eigenvalue weighted by molar-refractivity contribution is 0.584. The van der Waals surface area contributed by atoms with E-state index in [-0.39, 0.29) is 4.90 Å². The Morgan fingerprint density at radius 2 is 1.42 bits per heavy atom. The van der Waals surface area contributed by atoms with E-state index in [9.17, 15) is 8.42 Å². The normalized spacial score (nSPS) is 11.1. The number of sulfonamides is 1. The first-order valence-electron chi connectivity index (χ1n) is 7.71. The minimum absolute atomic E-state index is 0.226. The van der Waals surface area contributed by atoms with E-state index >= 15 is 0 Å². The third kappa shape index (κ3) is 5.02. The van der Waals surface area contributed by atoms with Crippen molar-refractivity contribution in [1.29, 1.82) is 0 Å². The van der Waals surface area contributed by atoms with Crippen LogP contribution in [0.5, 0.6) is 0 Å². The van der Waals surface area contributed by atoms with Crippen LogP contribution in [0.4, 0.5) is 11.4 Å². The fourth-order valence-corrected chi connectivity index (χ4v) is 3.38.